The van der Waals surface area contributed by atoms with Gasteiger partial charge in [0.05, 0.1) is 12.0 Å². The van der Waals surface area contributed by atoms with Gasteiger partial charge >= 0.3 is 0 Å². The maximum absolute atomic E-state index is 5.32. The second-order valence-corrected chi connectivity index (χ2v) is 3.22. The largest absolute Gasteiger partial charge is 0.463 e. The second kappa shape index (κ2) is 3.48. The predicted octanol–water partition coefficient (Wildman–Crippen LogP) is 2.59. The maximum atomic E-state index is 5.32. The van der Waals surface area contributed by atoms with Crippen LogP contribution in [0.25, 0.3) is 5.70 Å². The molecule has 0 spiro atoms. The van der Waals surface area contributed by atoms with Crippen LogP contribution < -0.4 is 0 Å². The molecule has 2 nitrogen and oxygen atoms in total. The van der Waals surface area contributed by atoms with Gasteiger partial charge in [0.15, 0.2) is 0 Å². The molecule has 0 bridgehead atoms. The SMILES string of the molecule is CC(C)=C(c1ccco1)N(C)C. The molecular formula is C10H15NO. The van der Waals surface area contributed by atoms with E-state index in [1.807, 2.05) is 26.2 Å². The van der Waals surface area contributed by atoms with Gasteiger partial charge in [-0.1, -0.05) is 0 Å². The van der Waals surface area contributed by atoms with Gasteiger partial charge in [-0.2, -0.15) is 0 Å². The molecule has 0 aromatic carbocycles. The Balaban J connectivity index is 3.06. The molecule has 0 aliphatic heterocycles. The Labute approximate surface area is 73.5 Å². The fourth-order valence-corrected chi connectivity index (χ4v) is 1.33. The van der Waals surface area contributed by atoms with Crippen molar-refractivity contribution < 1.29 is 4.42 Å². The van der Waals surface area contributed by atoms with Gasteiger partial charge < -0.3 is 9.32 Å². The van der Waals surface area contributed by atoms with Crippen molar-refractivity contribution in [3.63, 3.8) is 0 Å². The molecule has 1 aromatic rings. The van der Waals surface area contributed by atoms with Gasteiger partial charge in [-0.05, 0) is 31.6 Å². The summed E-state index contributed by atoms with van der Waals surface area (Å²) in [6.45, 7) is 4.16. The van der Waals surface area contributed by atoms with Gasteiger partial charge in [-0.3, -0.25) is 0 Å². The first-order valence-electron chi connectivity index (χ1n) is 4.01. The fourth-order valence-electron chi connectivity index (χ4n) is 1.33. The molecule has 1 heterocycles. The minimum absolute atomic E-state index is 0.931. The van der Waals surface area contributed by atoms with Crippen molar-refractivity contribution in [2.24, 2.45) is 0 Å². The van der Waals surface area contributed by atoms with Crippen molar-refractivity contribution in [3.05, 3.63) is 29.7 Å². The molecule has 12 heavy (non-hydrogen) atoms. The maximum Gasteiger partial charge on any atom is 0.149 e. The van der Waals surface area contributed by atoms with Gasteiger partial charge in [-0.25, -0.2) is 0 Å². The van der Waals surface area contributed by atoms with Crippen LogP contribution in [0.3, 0.4) is 0 Å². The molecule has 0 fully saturated rings. The van der Waals surface area contributed by atoms with E-state index in [1.54, 1.807) is 6.26 Å². The minimum atomic E-state index is 0.931. The van der Waals surface area contributed by atoms with Crippen LogP contribution in [0.2, 0.25) is 0 Å². The molecule has 0 aliphatic carbocycles. The Kier molecular flexibility index (Phi) is 2.58. The summed E-state index contributed by atoms with van der Waals surface area (Å²) >= 11 is 0. The Hall–Kier alpha value is -1.18. The average molecular weight is 165 g/mol. The minimum Gasteiger partial charge on any atom is -0.463 e. The van der Waals surface area contributed by atoms with Crippen molar-refractivity contribution in [3.8, 4) is 0 Å². The lowest BCUT2D eigenvalue weighted by molar-refractivity contribution is 0.505. The number of rotatable bonds is 2. The first-order valence-corrected chi connectivity index (χ1v) is 4.01. The van der Waals surface area contributed by atoms with Gasteiger partial charge in [0, 0.05) is 14.1 Å². The highest BCUT2D eigenvalue weighted by molar-refractivity contribution is 5.61. The quantitative estimate of drug-likeness (QED) is 0.669. The molecule has 66 valence electrons. The third-order valence-corrected chi connectivity index (χ3v) is 1.68. The summed E-state index contributed by atoms with van der Waals surface area (Å²) in [7, 11) is 4.04. The molecule has 0 atom stereocenters. The first-order chi connectivity index (χ1) is 5.63. The summed E-state index contributed by atoms with van der Waals surface area (Å²) in [5, 5.41) is 0. The van der Waals surface area contributed by atoms with Crippen LogP contribution in [0.1, 0.15) is 19.6 Å². The lowest BCUT2D eigenvalue weighted by Crippen LogP contribution is -2.10. The topological polar surface area (TPSA) is 16.4 Å². The second-order valence-electron chi connectivity index (χ2n) is 3.22. The molecule has 0 radical (unpaired) electrons. The molecular weight excluding hydrogens is 150 g/mol. The smallest absolute Gasteiger partial charge is 0.149 e. The van der Waals surface area contributed by atoms with Crippen molar-refractivity contribution >= 4 is 5.70 Å². The standard InChI is InChI=1S/C10H15NO/c1-8(2)10(11(3)4)9-6-5-7-12-9/h5-7H,1-4H3. The number of allylic oxidation sites excluding steroid dienone is 1. The van der Waals surface area contributed by atoms with E-state index >= 15 is 0 Å². The zero-order valence-electron chi connectivity index (χ0n) is 8.09. The van der Waals surface area contributed by atoms with E-state index in [4.69, 9.17) is 4.42 Å². The monoisotopic (exact) mass is 165 g/mol. The third kappa shape index (κ3) is 1.70. The Morgan fingerprint density at radius 3 is 2.33 bits per heavy atom. The molecule has 0 unspecified atom stereocenters. The van der Waals surface area contributed by atoms with Gasteiger partial charge in [-0.15, -0.1) is 0 Å². The normalized spacial score (nSPS) is 9.67. The highest BCUT2D eigenvalue weighted by atomic mass is 16.3. The van der Waals surface area contributed by atoms with E-state index in [0.717, 1.165) is 11.5 Å². The van der Waals surface area contributed by atoms with E-state index in [0.29, 0.717) is 0 Å². The lowest BCUT2D eigenvalue weighted by atomic mass is 10.2. The summed E-state index contributed by atoms with van der Waals surface area (Å²) in [5.74, 6) is 0.931. The van der Waals surface area contributed by atoms with Gasteiger partial charge in [0.1, 0.15) is 5.76 Å². The Morgan fingerprint density at radius 2 is 2.00 bits per heavy atom. The summed E-state index contributed by atoms with van der Waals surface area (Å²) in [5.41, 5.74) is 2.41. The van der Waals surface area contributed by atoms with Crippen molar-refractivity contribution in [2.75, 3.05) is 14.1 Å². The number of hydrogen-bond donors (Lipinski definition) is 0. The van der Waals surface area contributed by atoms with Crippen LogP contribution in [0.15, 0.2) is 28.4 Å². The number of nitrogens with zero attached hydrogens (tertiary/aromatic N) is 1. The molecule has 1 aromatic heterocycles. The van der Waals surface area contributed by atoms with Crippen molar-refractivity contribution in [2.45, 2.75) is 13.8 Å². The van der Waals surface area contributed by atoms with Crippen LogP contribution in [0.5, 0.6) is 0 Å². The molecule has 2 heteroatoms. The van der Waals surface area contributed by atoms with Crippen LogP contribution in [-0.4, -0.2) is 19.0 Å². The van der Waals surface area contributed by atoms with E-state index in [9.17, 15) is 0 Å². The Morgan fingerprint density at radius 1 is 1.33 bits per heavy atom. The van der Waals surface area contributed by atoms with E-state index in [1.165, 1.54) is 5.57 Å². The molecule has 0 saturated heterocycles. The average Bonchev–Trinajstić information content (AvgIpc) is 2.37. The van der Waals surface area contributed by atoms with E-state index < -0.39 is 0 Å². The zero-order chi connectivity index (χ0) is 9.14. The first kappa shape index (κ1) is 8.91. The number of furan rings is 1. The number of hydrogen-bond acceptors (Lipinski definition) is 2. The van der Waals surface area contributed by atoms with Crippen LogP contribution in [0.4, 0.5) is 0 Å². The molecule has 0 amide bonds. The third-order valence-electron chi connectivity index (χ3n) is 1.68. The Bertz CT molecular complexity index is 266. The van der Waals surface area contributed by atoms with E-state index in [2.05, 4.69) is 18.7 Å². The summed E-state index contributed by atoms with van der Waals surface area (Å²) in [6.07, 6.45) is 1.70. The van der Waals surface area contributed by atoms with Crippen molar-refractivity contribution in [1.29, 1.82) is 0 Å². The molecule has 0 N–H and O–H groups in total. The van der Waals surface area contributed by atoms with Crippen LogP contribution in [-0.2, 0) is 0 Å². The van der Waals surface area contributed by atoms with E-state index in [-0.39, 0.29) is 0 Å². The molecule has 1 rings (SSSR count). The van der Waals surface area contributed by atoms with Crippen molar-refractivity contribution in [1.82, 2.24) is 4.90 Å². The van der Waals surface area contributed by atoms with Crippen LogP contribution in [0, 0.1) is 0 Å². The lowest BCUT2D eigenvalue weighted by Gasteiger charge is -2.16. The zero-order valence-corrected chi connectivity index (χ0v) is 8.09. The highest BCUT2D eigenvalue weighted by Gasteiger charge is 2.07. The summed E-state index contributed by atoms with van der Waals surface area (Å²) in [4.78, 5) is 2.06. The van der Waals surface area contributed by atoms with Gasteiger partial charge in [0.2, 0.25) is 0 Å². The molecule has 0 saturated carbocycles. The summed E-state index contributed by atoms with van der Waals surface area (Å²) in [6, 6.07) is 3.88. The van der Waals surface area contributed by atoms with Gasteiger partial charge in [0.25, 0.3) is 0 Å². The molecule has 0 aliphatic rings. The fraction of sp³-hybridized carbons (Fsp3) is 0.400. The highest BCUT2D eigenvalue weighted by Crippen LogP contribution is 2.20. The summed E-state index contributed by atoms with van der Waals surface area (Å²) < 4.78 is 5.32. The van der Waals surface area contributed by atoms with Crippen LogP contribution >= 0.6 is 0 Å². The predicted molar refractivity (Wildman–Crippen MR) is 50.7 cm³/mol.